The van der Waals surface area contributed by atoms with Crippen LogP contribution in [0.5, 0.6) is 0 Å². The van der Waals surface area contributed by atoms with Crippen LogP contribution >= 0.6 is 0 Å². The first-order valence-electron chi connectivity index (χ1n) is 7.77. The molecule has 2 aromatic carbocycles. The molecule has 5 heteroatoms. The lowest BCUT2D eigenvalue weighted by molar-refractivity contribution is 0.501. The summed E-state index contributed by atoms with van der Waals surface area (Å²) >= 11 is 0. The van der Waals surface area contributed by atoms with Gasteiger partial charge in [0, 0.05) is 19.2 Å². The molecule has 2 aromatic rings. The number of benzene rings is 2. The number of hydrogen-bond acceptors (Lipinski definition) is 3. The van der Waals surface area contributed by atoms with Crippen molar-refractivity contribution in [1.82, 2.24) is 4.90 Å². The summed E-state index contributed by atoms with van der Waals surface area (Å²) in [5, 5.41) is 0. The summed E-state index contributed by atoms with van der Waals surface area (Å²) in [5.74, 6) is 0.509. The topological polar surface area (TPSA) is 49.7 Å². The molecule has 1 aliphatic heterocycles. The van der Waals surface area contributed by atoms with Crippen LogP contribution in [0.3, 0.4) is 0 Å². The minimum absolute atomic E-state index is 0.303. The van der Waals surface area contributed by atoms with Crippen LogP contribution in [0.4, 0.5) is 0 Å². The first kappa shape index (κ1) is 16.5. The second-order valence-corrected chi connectivity index (χ2v) is 7.59. The van der Waals surface area contributed by atoms with Gasteiger partial charge in [-0.25, -0.2) is 0 Å². The monoisotopic (exact) mass is 340 g/mol. The molecule has 0 aliphatic carbocycles. The lowest BCUT2D eigenvalue weighted by Gasteiger charge is -2.19. The third-order valence-electron chi connectivity index (χ3n) is 4.08. The number of likely N-dealkylation sites (N-methyl/N-ethyl adjacent to an activating group) is 1. The van der Waals surface area contributed by atoms with Crippen molar-refractivity contribution >= 4 is 20.8 Å². The van der Waals surface area contributed by atoms with Crippen molar-refractivity contribution in [3.8, 4) is 0 Å². The lowest BCUT2D eigenvalue weighted by atomic mass is 10.1. The molecule has 0 saturated heterocycles. The molecular formula is C19H20N2O2S. The van der Waals surface area contributed by atoms with Gasteiger partial charge in [0.15, 0.2) is 0 Å². The van der Waals surface area contributed by atoms with Crippen LogP contribution < -0.4 is 0 Å². The maximum Gasteiger partial charge on any atom is 0.285 e. The molecule has 3 rings (SSSR count). The van der Waals surface area contributed by atoms with E-state index in [4.69, 9.17) is 0 Å². The van der Waals surface area contributed by atoms with Gasteiger partial charge in [0.25, 0.3) is 10.0 Å². The maximum absolute atomic E-state index is 12.6. The predicted molar refractivity (Wildman–Crippen MR) is 98.0 cm³/mol. The molecule has 24 heavy (non-hydrogen) atoms. The van der Waals surface area contributed by atoms with Crippen LogP contribution in [0.15, 0.2) is 64.6 Å². The van der Waals surface area contributed by atoms with Crippen molar-refractivity contribution in [2.75, 3.05) is 7.05 Å². The minimum Gasteiger partial charge on any atom is -0.354 e. The SMILES string of the molecule is CC1=C(c2ccc(C)cc2)S(=O)(=O)N=C1N(C)Cc1ccccc1. The Morgan fingerprint density at radius 2 is 1.58 bits per heavy atom. The largest absolute Gasteiger partial charge is 0.354 e. The van der Waals surface area contributed by atoms with Crippen LogP contribution in [0.2, 0.25) is 0 Å². The third kappa shape index (κ3) is 3.12. The molecule has 4 nitrogen and oxygen atoms in total. The van der Waals surface area contributed by atoms with Crippen LogP contribution in [0.1, 0.15) is 23.6 Å². The fourth-order valence-corrected chi connectivity index (χ4v) is 4.39. The van der Waals surface area contributed by atoms with Crippen LogP contribution in [0.25, 0.3) is 4.91 Å². The van der Waals surface area contributed by atoms with E-state index in [9.17, 15) is 8.42 Å². The van der Waals surface area contributed by atoms with Crippen LogP contribution in [0, 0.1) is 6.92 Å². The quantitative estimate of drug-likeness (QED) is 0.858. The zero-order valence-corrected chi connectivity index (χ0v) is 14.8. The Balaban J connectivity index is 1.96. The van der Waals surface area contributed by atoms with E-state index in [0.29, 0.717) is 28.4 Å². The molecule has 1 heterocycles. The van der Waals surface area contributed by atoms with E-state index in [1.807, 2.05) is 80.4 Å². The van der Waals surface area contributed by atoms with Crippen molar-refractivity contribution in [3.63, 3.8) is 0 Å². The second kappa shape index (κ2) is 6.24. The van der Waals surface area contributed by atoms with Gasteiger partial charge in [-0.2, -0.15) is 8.42 Å². The molecule has 124 valence electrons. The van der Waals surface area contributed by atoms with Crippen LogP contribution in [-0.4, -0.2) is 26.2 Å². The molecular weight excluding hydrogens is 320 g/mol. The van der Waals surface area contributed by atoms with Crippen molar-refractivity contribution < 1.29 is 8.42 Å². The summed E-state index contributed by atoms with van der Waals surface area (Å²) in [6.45, 7) is 4.40. The number of hydrogen-bond donors (Lipinski definition) is 0. The summed E-state index contributed by atoms with van der Waals surface area (Å²) in [4.78, 5) is 2.18. The number of aryl methyl sites for hydroxylation is 1. The molecule has 1 aliphatic rings. The van der Waals surface area contributed by atoms with Crippen LogP contribution in [-0.2, 0) is 16.6 Å². The van der Waals surface area contributed by atoms with E-state index < -0.39 is 10.0 Å². The molecule has 0 aromatic heterocycles. The van der Waals surface area contributed by atoms with E-state index in [1.165, 1.54) is 0 Å². The maximum atomic E-state index is 12.6. The van der Waals surface area contributed by atoms with Crippen molar-refractivity contribution in [3.05, 3.63) is 76.9 Å². The average molecular weight is 340 g/mol. The summed E-state index contributed by atoms with van der Waals surface area (Å²) in [7, 11) is -1.80. The van der Waals surface area contributed by atoms with Gasteiger partial charge in [0.05, 0.1) is 0 Å². The molecule has 0 atom stereocenters. The molecule has 0 spiro atoms. The Morgan fingerprint density at radius 1 is 0.958 bits per heavy atom. The van der Waals surface area contributed by atoms with E-state index in [2.05, 4.69) is 4.40 Å². The van der Waals surface area contributed by atoms with Gasteiger partial charge in [-0.05, 0) is 25.0 Å². The Kier molecular flexibility index (Phi) is 4.28. The van der Waals surface area contributed by atoms with Crippen molar-refractivity contribution in [1.29, 1.82) is 0 Å². The van der Waals surface area contributed by atoms with E-state index in [0.717, 1.165) is 11.1 Å². The zero-order chi connectivity index (χ0) is 17.3. The van der Waals surface area contributed by atoms with Gasteiger partial charge in [-0.15, -0.1) is 4.40 Å². The Hall–Kier alpha value is -2.40. The highest BCUT2D eigenvalue weighted by Crippen LogP contribution is 2.33. The second-order valence-electron chi connectivity index (χ2n) is 6.05. The van der Waals surface area contributed by atoms with Gasteiger partial charge < -0.3 is 4.90 Å². The summed E-state index contributed by atoms with van der Waals surface area (Å²) in [5.41, 5.74) is 3.58. The summed E-state index contributed by atoms with van der Waals surface area (Å²) in [6.07, 6.45) is 0. The highest BCUT2D eigenvalue weighted by atomic mass is 32.2. The standard InChI is InChI=1S/C19H20N2O2S/c1-14-9-11-17(12-10-14)18-15(2)19(20-24(18,22)23)21(3)13-16-7-5-4-6-8-16/h4-12H,13H2,1-3H3. The van der Waals surface area contributed by atoms with E-state index >= 15 is 0 Å². The zero-order valence-electron chi connectivity index (χ0n) is 14.0. The molecule has 0 N–H and O–H groups in total. The van der Waals surface area contributed by atoms with E-state index in [-0.39, 0.29) is 0 Å². The number of nitrogens with zero attached hydrogens (tertiary/aromatic N) is 2. The lowest BCUT2D eigenvalue weighted by Crippen LogP contribution is -2.26. The highest BCUT2D eigenvalue weighted by Gasteiger charge is 2.32. The Bertz CT molecular complexity index is 912. The third-order valence-corrected chi connectivity index (χ3v) is 5.55. The number of rotatable bonds is 3. The number of sulfonamides is 1. The van der Waals surface area contributed by atoms with Gasteiger partial charge in [0.2, 0.25) is 0 Å². The van der Waals surface area contributed by atoms with Crippen molar-refractivity contribution in [2.24, 2.45) is 4.40 Å². The van der Waals surface area contributed by atoms with Gasteiger partial charge in [-0.3, -0.25) is 0 Å². The molecule has 0 bridgehead atoms. The molecule has 0 unspecified atom stereocenters. The van der Waals surface area contributed by atoms with Crippen molar-refractivity contribution in [2.45, 2.75) is 20.4 Å². The molecule has 0 fully saturated rings. The fraction of sp³-hybridized carbons (Fsp3) is 0.211. The normalized spacial score (nSPS) is 16.2. The Labute approximate surface area is 143 Å². The molecule has 0 amide bonds. The first-order chi connectivity index (χ1) is 11.4. The minimum atomic E-state index is -3.66. The Morgan fingerprint density at radius 3 is 2.21 bits per heavy atom. The summed E-state index contributed by atoms with van der Waals surface area (Å²) < 4.78 is 29.1. The predicted octanol–water partition coefficient (Wildman–Crippen LogP) is 3.60. The molecule has 0 radical (unpaired) electrons. The highest BCUT2D eigenvalue weighted by molar-refractivity contribution is 8.00. The van der Waals surface area contributed by atoms with Gasteiger partial charge >= 0.3 is 0 Å². The smallest absolute Gasteiger partial charge is 0.285 e. The van der Waals surface area contributed by atoms with Gasteiger partial charge in [0.1, 0.15) is 10.7 Å². The molecule has 0 saturated carbocycles. The van der Waals surface area contributed by atoms with Gasteiger partial charge in [-0.1, -0.05) is 60.2 Å². The average Bonchev–Trinajstić information content (AvgIpc) is 2.79. The first-order valence-corrected chi connectivity index (χ1v) is 9.21. The summed E-state index contributed by atoms with van der Waals surface area (Å²) in [6, 6.07) is 17.4. The number of amidine groups is 1. The van der Waals surface area contributed by atoms with E-state index in [1.54, 1.807) is 0 Å². The fourth-order valence-electron chi connectivity index (χ4n) is 2.88.